The summed E-state index contributed by atoms with van der Waals surface area (Å²) in [6.07, 6.45) is 1.93. The summed E-state index contributed by atoms with van der Waals surface area (Å²) in [4.78, 5) is 34.8. The second-order valence-electron chi connectivity index (χ2n) is 4.89. The Balaban J connectivity index is 1.73. The molecule has 2 rings (SSSR count). The van der Waals surface area contributed by atoms with Gasteiger partial charge in [-0.2, -0.15) is 0 Å². The van der Waals surface area contributed by atoms with Gasteiger partial charge in [0, 0.05) is 6.04 Å². The van der Waals surface area contributed by atoms with Crippen LogP contribution in [0.1, 0.15) is 23.2 Å². The zero-order chi connectivity index (χ0) is 15.9. The van der Waals surface area contributed by atoms with E-state index < -0.39 is 11.9 Å². The van der Waals surface area contributed by atoms with Crippen LogP contribution in [0.2, 0.25) is 0 Å². The molecule has 1 aromatic carbocycles. The van der Waals surface area contributed by atoms with E-state index in [4.69, 9.17) is 9.47 Å². The molecule has 2 N–H and O–H groups in total. The molecule has 1 saturated carbocycles. The first-order valence-electron chi connectivity index (χ1n) is 6.96. The predicted molar refractivity (Wildman–Crippen MR) is 77.5 cm³/mol. The average molecular weight is 306 g/mol. The first kappa shape index (κ1) is 15.8. The topological polar surface area (TPSA) is 93.7 Å². The Morgan fingerprint density at radius 2 is 1.95 bits per heavy atom. The highest BCUT2D eigenvalue weighted by molar-refractivity contribution is 5.98. The first-order chi connectivity index (χ1) is 10.6. The summed E-state index contributed by atoms with van der Waals surface area (Å²) < 4.78 is 9.84. The van der Waals surface area contributed by atoms with E-state index in [-0.39, 0.29) is 25.1 Å². The van der Waals surface area contributed by atoms with Gasteiger partial charge in [-0.25, -0.2) is 0 Å². The van der Waals surface area contributed by atoms with Crippen LogP contribution in [-0.4, -0.2) is 44.1 Å². The van der Waals surface area contributed by atoms with Gasteiger partial charge < -0.3 is 20.1 Å². The lowest BCUT2D eigenvalue weighted by Crippen LogP contribution is -2.34. The highest BCUT2D eigenvalue weighted by Gasteiger charge is 2.23. The lowest BCUT2D eigenvalue weighted by atomic mass is 10.2. The van der Waals surface area contributed by atoms with Gasteiger partial charge in [0.05, 0.1) is 12.7 Å². The molecule has 0 heterocycles. The number of hydrogen-bond donors (Lipinski definition) is 2. The number of carbonyl (C=O) groups is 3. The van der Waals surface area contributed by atoms with Crippen LogP contribution < -0.4 is 15.4 Å². The number of methoxy groups -OCH3 is 1. The van der Waals surface area contributed by atoms with Gasteiger partial charge >= 0.3 is 5.97 Å². The fourth-order valence-corrected chi connectivity index (χ4v) is 1.77. The standard InChI is InChI=1S/C15H18N2O5/c1-21-12-5-3-2-4-11(12)15(20)16-8-14(19)22-9-13(18)17-10-6-7-10/h2-5,10H,6-9H2,1H3,(H,16,20)(H,17,18). The molecule has 1 aliphatic rings. The summed E-state index contributed by atoms with van der Waals surface area (Å²) in [5, 5.41) is 5.12. The van der Waals surface area contributed by atoms with Gasteiger partial charge in [0.15, 0.2) is 6.61 Å². The van der Waals surface area contributed by atoms with E-state index in [1.165, 1.54) is 7.11 Å². The number of para-hydroxylation sites is 1. The Kier molecular flexibility index (Phi) is 5.35. The lowest BCUT2D eigenvalue weighted by Gasteiger charge is -2.09. The van der Waals surface area contributed by atoms with Gasteiger partial charge in [-0.1, -0.05) is 12.1 Å². The Hall–Kier alpha value is -2.57. The van der Waals surface area contributed by atoms with Crippen molar-refractivity contribution in [2.45, 2.75) is 18.9 Å². The van der Waals surface area contributed by atoms with Crippen molar-refractivity contribution in [2.75, 3.05) is 20.3 Å². The maximum atomic E-state index is 11.9. The molecule has 1 aliphatic carbocycles. The van der Waals surface area contributed by atoms with Crippen molar-refractivity contribution in [2.24, 2.45) is 0 Å². The van der Waals surface area contributed by atoms with Gasteiger partial charge in [-0.3, -0.25) is 14.4 Å². The van der Waals surface area contributed by atoms with Crippen molar-refractivity contribution in [1.29, 1.82) is 0 Å². The van der Waals surface area contributed by atoms with Crippen LogP contribution in [0.3, 0.4) is 0 Å². The number of rotatable bonds is 7. The van der Waals surface area contributed by atoms with E-state index in [9.17, 15) is 14.4 Å². The van der Waals surface area contributed by atoms with Crippen LogP contribution in [-0.2, 0) is 14.3 Å². The van der Waals surface area contributed by atoms with Crippen LogP contribution in [0, 0.1) is 0 Å². The van der Waals surface area contributed by atoms with E-state index in [1.807, 2.05) is 0 Å². The van der Waals surface area contributed by atoms with Crippen molar-refractivity contribution >= 4 is 17.8 Å². The minimum atomic E-state index is -0.672. The lowest BCUT2D eigenvalue weighted by molar-refractivity contribution is -0.147. The molecule has 0 aromatic heterocycles. The van der Waals surface area contributed by atoms with Crippen LogP contribution in [0.15, 0.2) is 24.3 Å². The smallest absolute Gasteiger partial charge is 0.325 e. The third-order valence-electron chi connectivity index (χ3n) is 3.05. The maximum Gasteiger partial charge on any atom is 0.325 e. The van der Waals surface area contributed by atoms with Crippen molar-refractivity contribution in [1.82, 2.24) is 10.6 Å². The maximum absolute atomic E-state index is 11.9. The fourth-order valence-electron chi connectivity index (χ4n) is 1.77. The second kappa shape index (κ2) is 7.44. The van der Waals surface area contributed by atoms with Gasteiger partial charge in [0.1, 0.15) is 12.3 Å². The summed E-state index contributed by atoms with van der Waals surface area (Å²) in [7, 11) is 1.46. The molecule has 0 spiro atoms. The average Bonchev–Trinajstić information content (AvgIpc) is 3.34. The first-order valence-corrected chi connectivity index (χ1v) is 6.96. The number of carbonyl (C=O) groups excluding carboxylic acids is 3. The third-order valence-corrected chi connectivity index (χ3v) is 3.05. The van der Waals surface area contributed by atoms with Gasteiger partial charge in [0.2, 0.25) is 0 Å². The molecule has 1 aromatic rings. The van der Waals surface area contributed by atoms with Crippen LogP contribution >= 0.6 is 0 Å². The third kappa shape index (κ3) is 4.76. The molecule has 7 heteroatoms. The SMILES string of the molecule is COc1ccccc1C(=O)NCC(=O)OCC(=O)NC1CC1. The molecular formula is C15H18N2O5. The zero-order valence-corrected chi connectivity index (χ0v) is 12.3. The van der Waals surface area contributed by atoms with Crippen molar-refractivity contribution in [3.8, 4) is 5.75 Å². The van der Waals surface area contributed by atoms with E-state index in [2.05, 4.69) is 10.6 Å². The summed E-state index contributed by atoms with van der Waals surface area (Å²) in [6.45, 7) is -0.645. The molecule has 0 saturated heterocycles. The fraction of sp³-hybridized carbons (Fsp3) is 0.400. The van der Waals surface area contributed by atoms with Gasteiger partial charge in [0.25, 0.3) is 11.8 Å². The number of nitrogens with one attached hydrogen (secondary N) is 2. The molecule has 0 bridgehead atoms. The normalized spacial score (nSPS) is 13.1. The molecular weight excluding hydrogens is 288 g/mol. The quantitative estimate of drug-likeness (QED) is 0.704. The Bertz CT molecular complexity index is 569. The molecule has 22 heavy (non-hydrogen) atoms. The highest BCUT2D eigenvalue weighted by Crippen LogP contribution is 2.18. The molecule has 118 valence electrons. The largest absolute Gasteiger partial charge is 0.496 e. The number of hydrogen-bond acceptors (Lipinski definition) is 5. The van der Waals surface area contributed by atoms with E-state index >= 15 is 0 Å². The Morgan fingerprint density at radius 3 is 2.64 bits per heavy atom. The summed E-state index contributed by atoms with van der Waals surface area (Å²) in [6, 6.07) is 6.88. The van der Waals surface area contributed by atoms with E-state index in [0.29, 0.717) is 11.3 Å². The number of ether oxygens (including phenoxy) is 2. The summed E-state index contributed by atoms with van der Waals surface area (Å²) in [5.74, 6) is -1.03. The molecule has 0 radical (unpaired) electrons. The van der Waals surface area contributed by atoms with Crippen molar-refractivity contribution in [3.05, 3.63) is 29.8 Å². The molecule has 0 aliphatic heterocycles. The molecule has 7 nitrogen and oxygen atoms in total. The molecule has 2 amide bonds. The highest BCUT2D eigenvalue weighted by atomic mass is 16.5. The summed E-state index contributed by atoms with van der Waals surface area (Å²) >= 11 is 0. The van der Waals surface area contributed by atoms with Gasteiger partial charge in [-0.15, -0.1) is 0 Å². The van der Waals surface area contributed by atoms with Gasteiger partial charge in [-0.05, 0) is 25.0 Å². The van der Waals surface area contributed by atoms with Crippen LogP contribution in [0.4, 0.5) is 0 Å². The van der Waals surface area contributed by atoms with Crippen molar-refractivity contribution < 1.29 is 23.9 Å². The van der Waals surface area contributed by atoms with E-state index in [0.717, 1.165) is 12.8 Å². The minimum absolute atomic E-state index is 0.219. The predicted octanol–water partition coefficient (Wildman–Crippen LogP) is 0.247. The molecule has 1 fully saturated rings. The van der Waals surface area contributed by atoms with E-state index in [1.54, 1.807) is 24.3 Å². The number of benzene rings is 1. The number of esters is 1. The monoisotopic (exact) mass is 306 g/mol. The second-order valence-corrected chi connectivity index (χ2v) is 4.89. The van der Waals surface area contributed by atoms with Crippen molar-refractivity contribution in [3.63, 3.8) is 0 Å². The molecule has 0 unspecified atom stereocenters. The minimum Gasteiger partial charge on any atom is -0.496 e. The molecule has 0 atom stereocenters. The Morgan fingerprint density at radius 1 is 1.23 bits per heavy atom. The summed E-state index contributed by atoms with van der Waals surface area (Å²) in [5.41, 5.74) is 0.323. The van der Waals surface area contributed by atoms with Crippen LogP contribution in [0.25, 0.3) is 0 Å². The Labute approximate surface area is 128 Å². The number of amides is 2. The zero-order valence-electron chi connectivity index (χ0n) is 12.3. The van der Waals surface area contributed by atoms with Crippen LogP contribution in [0.5, 0.6) is 5.75 Å².